The number of nitrogens with one attached hydrogen (secondary N) is 1. The lowest BCUT2D eigenvalue weighted by Crippen LogP contribution is -2.41. The predicted molar refractivity (Wildman–Crippen MR) is 117 cm³/mol. The third kappa shape index (κ3) is 6.27. The van der Waals surface area contributed by atoms with E-state index in [2.05, 4.69) is 10.2 Å². The van der Waals surface area contributed by atoms with Crippen LogP contribution in [-0.4, -0.2) is 49.9 Å². The number of hydrogen-bond acceptors (Lipinski definition) is 5. The number of piperidine rings is 1. The first-order valence-corrected chi connectivity index (χ1v) is 9.90. The molecule has 0 atom stereocenters. The number of rotatable bonds is 7. The van der Waals surface area contributed by atoms with Gasteiger partial charge in [-0.25, -0.2) is 4.39 Å². The molecule has 0 saturated carbocycles. The molecule has 3 rings (SSSR count). The standard InChI is InChI=1S/C23H24FN3O3.ClH/c1-30-21-7-2-16(15-25)14-20(21)23(29)26-10-13-27-11-8-18(9-12-27)22(28)17-3-5-19(24)6-4-17;/h2-7,14,18H,8-13H2,1H3,(H,26,29);1H. The van der Waals surface area contributed by atoms with Crippen molar-refractivity contribution in [3.05, 3.63) is 65.0 Å². The number of hydrogen-bond donors (Lipinski definition) is 1. The minimum absolute atomic E-state index is 0. The molecule has 164 valence electrons. The van der Waals surface area contributed by atoms with E-state index in [4.69, 9.17) is 10.00 Å². The average Bonchev–Trinajstić information content (AvgIpc) is 2.79. The van der Waals surface area contributed by atoms with Crippen molar-refractivity contribution < 1.29 is 18.7 Å². The maximum absolute atomic E-state index is 13.0. The number of carbonyl (C=O) groups excluding carboxylic acids is 2. The van der Waals surface area contributed by atoms with Crippen molar-refractivity contribution >= 4 is 24.1 Å². The first-order chi connectivity index (χ1) is 14.5. The molecule has 1 amide bonds. The van der Waals surface area contributed by atoms with Gasteiger partial charge in [-0.05, 0) is 68.4 Å². The van der Waals surface area contributed by atoms with E-state index in [1.54, 1.807) is 12.1 Å². The van der Waals surface area contributed by atoms with E-state index in [0.29, 0.717) is 35.5 Å². The van der Waals surface area contributed by atoms with E-state index in [0.717, 1.165) is 25.9 Å². The number of likely N-dealkylation sites (tertiary alicyclic amines) is 1. The molecule has 31 heavy (non-hydrogen) atoms. The topological polar surface area (TPSA) is 82.4 Å². The molecule has 1 fully saturated rings. The first kappa shape index (κ1) is 24.3. The third-order valence-electron chi connectivity index (χ3n) is 5.37. The number of ketones is 1. The van der Waals surface area contributed by atoms with Gasteiger partial charge in [-0.3, -0.25) is 9.59 Å². The summed E-state index contributed by atoms with van der Waals surface area (Å²) in [4.78, 5) is 27.2. The molecular weight excluding hydrogens is 421 g/mol. The summed E-state index contributed by atoms with van der Waals surface area (Å²) >= 11 is 0. The maximum atomic E-state index is 13.0. The monoisotopic (exact) mass is 445 g/mol. The van der Waals surface area contributed by atoms with E-state index >= 15 is 0 Å². The van der Waals surface area contributed by atoms with Crippen molar-refractivity contribution in [1.82, 2.24) is 10.2 Å². The van der Waals surface area contributed by atoms with E-state index in [-0.39, 0.29) is 35.8 Å². The number of benzene rings is 2. The first-order valence-electron chi connectivity index (χ1n) is 9.90. The van der Waals surface area contributed by atoms with Crippen LogP contribution in [0.4, 0.5) is 4.39 Å². The van der Waals surface area contributed by atoms with Crippen LogP contribution in [0.15, 0.2) is 42.5 Å². The lowest BCUT2D eigenvalue weighted by molar-refractivity contribution is 0.0839. The second-order valence-electron chi connectivity index (χ2n) is 7.27. The number of carbonyl (C=O) groups is 2. The normalized spacial score (nSPS) is 14.2. The molecule has 1 aliphatic rings. The molecule has 2 aromatic carbocycles. The quantitative estimate of drug-likeness (QED) is 0.660. The van der Waals surface area contributed by atoms with Gasteiger partial charge in [0.05, 0.1) is 24.3 Å². The van der Waals surface area contributed by atoms with Crippen LogP contribution in [0.1, 0.15) is 39.1 Å². The maximum Gasteiger partial charge on any atom is 0.255 e. The van der Waals surface area contributed by atoms with Gasteiger partial charge in [0.15, 0.2) is 5.78 Å². The number of methoxy groups -OCH3 is 1. The van der Waals surface area contributed by atoms with Crippen molar-refractivity contribution in [3.8, 4) is 11.8 Å². The van der Waals surface area contributed by atoms with E-state index in [1.807, 2.05) is 6.07 Å². The zero-order valence-corrected chi connectivity index (χ0v) is 18.1. The van der Waals surface area contributed by atoms with Gasteiger partial charge in [-0.15, -0.1) is 12.4 Å². The van der Waals surface area contributed by atoms with Crippen LogP contribution < -0.4 is 10.1 Å². The Morgan fingerprint density at radius 3 is 2.48 bits per heavy atom. The number of ether oxygens (including phenoxy) is 1. The average molecular weight is 446 g/mol. The van der Waals surface area contributed by atoms with Gasteiger partial charge < -0.3 is 15.0 Å². The summed E-state index contributed by atoms with van der Waals surface area (Å²) in [6.07, 6.45) is 1.48. The Morgan fingerprint density at radius 2 is 1.87 bits per heavy atom. The molecule has 0 spiro atoms. The van der Waals surface area contributed by atoms with Gasteiger partial charge in [0, 0.05) is 24.6 Å². The highest BCUT2D eigenvalue weighted by Gasteiger charge is 2.25. The minimum Gasteiger partial charge on any atom is -0.496 e. The van der Waals surface area contributed by atoms with Crippen LogP contribution in [0, 0.1) is 23.1 Å². The Balaban J connectivity index is 0.00000341. The van der Waals surface area contributed by atoms with E-state index < -0.39 is 0 Å². The highest BCUT2D eigenvalue weighted by Crippen LogP contribution is 2.22. The highest BCUT2D eigenvalue weighted by atomic mass is 35.5. The van der Waals surface area contributed by atoms with Gasteiger partial charge in [-0.1, -0.05) is 0 Å². The van der Waals surface area contributed by atoms with Gasteiger partial charge in [0.1, 0.15) is 11.6 Å². The molecule has 1 aliphatic heterocycles. The van der Waals surface area contributed by atoms with E-state index in [9.17, 15) is 14.0 Å². The Morgan fingerprint density at radius 1 is 1.19 bits per heavy atom. The van der Waals surface area contributed by atoms with Crippen LogP contribution in [0.2, 0.25) is 0 Å². The Labute approximate surface area is 187 Å². The molecule has 2 aromatic rings. The Hall–Kier alpha value is -2.95. The van der Waals surface area contributed by atoms with Crippen LogP contribution in [0.25, 0.3) is 0 Å². The molecule has 0 unspecified atom stereocenters. The second kappa shape index (κ2) is 11.4. The Kier molecular flexibility index (Phi) is 8.98. The zero-order chi connectivity index (χ0) is 21.5. The van der Waals surface area contributed by atoms with Gasteiger partial charge >= 0.3 is 0 Å². The third-order valence-corrected chi connectivity index (χ3v) is 5.37. The summed E-state index contributed by atoms with van der Waals surface area (Å²) in [7, 11) is 1.48. The number of Topliss-reactive ketones (excluding diaryl/α,β-unsaturated/α-hetero) is 1. The summed E-state index contributed by atoms with van der Waals surface area (Å²) in [5, 5.41) is 11.9. The molecule has 8 heteroatoms. The highest BCUT2D eigenvalue weighted by molar-refractivity contribution is 5.98. The van der Waals surface area contributed by atoms with Gasteiger partial charge in [0.25, 0.3) is 5.91 Å². The number of nitriles is 1. The van der Waals surface area contributed by atoms with Crippen LogP contribution in [-0.2, 0) is 0 Å². The summed E-state index contributed by atoms with van der Waals surface area (Å²) in [5.74, 6) is -0.205. The summed E-state index contributed by atoms with van der Waals surface area (Å²) in [6.45, 7) is 2.65. The van der Waals surface area contributed by atoms with Crippen molar-refractivity contribution in [2.24, 2.45) is 5.92 Å². The smallest absolute Gasteiger partial charge is 0.255 e. The SMILES string of the molecule is COc1ccc(C#N)cc1C(=O)NCCN1CCC(C(=O)c2ccc(F)cc2)CC1.Cl. The fourth-order valence-corrected chi connectivity index (χ4v) is 3.65. The minimum atomic E-state index is -0.347. The van der Waals surface area contributed by atoms with Crippen molar-refractivity contribution in [1.29, 1.82) is 5.26 Å². The lowest BCUT2D eigenvalue weighted by Gasteiger charge is -2.31. The molecule has 0 aliphatic carbocycles. The fourth-order valence-electron chi connectivity index (χ4n) is 3.65. The molecule has 1 N–H and O–H groups in total. The molecular formula is C23H25ClFN3O3. The fraction of sp³-hybridized carbons (Fsp3) is 0.348. The number of halogens is 2. The molecule has 0 bridgehead atoms. The summed E-state index contributed by atoms with van der Waals surface area (Å²) in [6, 6.07) is 12.4. The van der Waals surface area contributed by atoms with Crippen molar-refractivity contribution in [3.63, 3.8) is 0 Å². The summed E-state index contributed by atoms with van der Waals surface area (Å²) in [5.41, 5.74) is 1.28. The summed E-state index contributed by atoms with van der Waals surface area (Å²) < 4.78 is 18.2. The lowest BCUT2D eigenvalue weighted by atomic mass is 9.89. The molecule has 0 aromatic heterocycles. The Bertz CT molecular complexity index is 952. The zero-order valence-electron chi connectivity index (χ0n) is 17.3. The molecule has 0 radical (unpaired) electrons. The molecule has 6 nitrogen and oxygen atoms in total. The predicted octanol–water partition coefficient (Wildman–Crippen LogP) is 3.45. The molecule has 1 saturated heterocycles. The largest absolute Gasteiger partial charge is 0.496 e. The number of nitrogens with zero attached hydrogens (tertiary/aromatic N) is 2. The number of amides is 1. The van der Waals surface area contributed by atoms with Crippen LogP contribution in [0.3, 0.4) is 0 Å². The second-order valence-corrected chi connectivity index (χ2v) is 7.27. The van der Waals surface area contributed by atoms with Crippen LogP contribution in [0.5, 0.6) is 5.75 Å². The molecule has 1 heterocycles. The van der Waals surface area contributed by atoms with Crippen LogP contribution >= 0.6 is 12.4 Å². The van der Waals surface area contributed by atoms with Crippen molar-refractivity contribution in [2.75, 3.05) is 33.3 Å². The van der Waals surface area contributed by atoms with Crippen molar-refractivity contribution in [2.45, 2.75) is 12.8 Å². The van der Waals surface area contributed by atoms with Gasteiger partial charge in [-0.2, -0.15) is 5.26 Å². The van der Waals surface area contributed by atoms with Gasteiger partial charge in [0.2, 0.25) is 0 Å². The van der Waals surface area contributed by atoms with E-state index in [1.165, 1.54) is 37.4 Å².